The summed E-state index contributed by atoms with van der Waals surface area (Å²) in [7, 11) is 0. The highest BCUT2D eigenvalue weighted by molar-refractivity contribution is 14.1. The molecule has 4 amide bonds. The second-order valence-electron chi connectivity index (χ2n) is 8.01. The minimum Gasteiger partial charge on any atom is -0.487 e. The molecule has 9 nitrogen and oxygen atoms in total. The van der Waals surface area contributed by atoms with Crippen molar-refractivity contribution < 1.29 is 24.0 Å². The summed E-state index contributed by atoms with van der Waals surface area (Å²) >= 11 is 5.52. The van der Waals surface area contributed by atoms with Gasteiger partial charge >= 0.3 is 6.03 Å². The van der Waals surface area contributed by atoms with Crippen LogP contribution >= 0.6 is 38.5 Å². The molecule has 1 heterocycles. The summed E-state index contributed by atoms with van der Waals surface area (Å²) in [5, 5.41) is 13.2. The number of nitro groups is 1. The number of amides is 4. The highest BCUT2D eigenvalue weighted by Gasteiger charge is 2.36. The summed E-state index contributed by atoms with van der Waals surface area (Å²) in [6.07, 6.45) is 2.22. The van der Waals surface area contributed by atoms with Crippen LogP contribution in [-0.2, 0) is 22.6 Å². The third kappa shape index (κ3) is 5.88. The number of imide groups is 2. The normalized spacial score (nSPS) is 14.6. The molecule has 0 radical (unpaired) electrons. The summed E-state index contributed by atoms with van der Waals surface area (Å²) in [4.78, 5) is 49.6. The van der Waals surface area contributed by atoms with E-state index in [0.29, 0.717) is 30.6 Å². The van der Waals surface area contributed by atoms with Gasteiger partial charge in [-0.3, -0.25) is 25.0 Å². The first-order valence-electron chi connectivity index (χ1n) is 11.0. The van der Waals surface area contributed by atoms with Crippen molar-refractivity contribution in [3.05, 3.63) is 101 Å². The number of carbonyl (C=O) groups is 3. The van der Waals surface area contributed by atoms with E-state index in [0.717, 1.165) is 16.9 Å². The van der Waals surface area contributed by atoms with Crippen molar-refractivity contribution in [1.29, 1.82) is 0 Å². The minimum atomic E-state index is -0.808. The predicted octanol–water partition coefficient (Wildman–Crippen LogP) is 5.77. The zero-order chi connectivity index (χ0) is 26.7. The fourth-order valence-electron chi connectivity index (χ4n) is 3.66. The van der Waals surface area contributed by atoms with Crippen LogP contribution in [0.4, 0.5) is 16.2 Å². The molecule has 37 heavy (non-hydrogen) atoms. The highest BCUT2D eigenvalue weighted by Crippen LogP contribution is 2.34. The molecule has 188 valence electrons. The molecule has 0 spiro atoms. The number of rotatable bonds is 7. The lowest BCUT2D eigenvalue weighted by Gasteiger charge is -2.26. The molecule has 11 heteroatoms. The van der Waals surface area contributed by atoms with Gasteiger partial charge in [0.1, 0.15) is 17.9 Å². The Morgan fingerprint density at radius 2 is 1.81 bits per heavy atom. The summed E-state index contributed by atoms with van der Waals surface area (Å²) in [6.45, 7) is 2.10. The molecular formula is C26H19BrIN3O6. The van der Waals surface area contributed by atoms with Crippen molar-refractivity contribution in [3.63, 3.8) is 0 Å². The first-order valence-corrected chi connectivity index (χ1v) is 12.9. The number of nitro benzene ring substituents is 1. The number of ether oxygens (including phenoxy) is 1. The molecule has 1 aliphatic heterocycles. The molecule has 4 rings (SSSR count). The van der Waals surface area contributed by atoms with Gasteiger partial charge in [-0.1, -0.05) is 31.2 Å². The van der Waals surface area contributed by atoms with Gasteiger partial charge in [0.25, 0.3) is 17.5 Å². The number of barbiturate groups is 1. The predicted molar refractivity (Wildman–Crippen MR) is 149 cm³/mol. The van der Waals surface area contributed by atoms with Crippen molar-refractivity contribution in [2.75, 3.05) is 4.90 Å². The molecular weight excluding hydrogens is 657 g/mol. The molecule has 1 N–H and O–H groups in total. The Kier molecular flexibility index (Phi) is 8.03. The van der Waals surface area contributed by atoms with Crippen molar-refractivity contribution in [3.8, 4) is 5.75 Å². The molecule has 0 atom stereocenters. The molecule has 0 aromatic heterocycles. The van der Waals surface area contributed by atoms with Gasteiger partial charge in [-0.05, 0) is 92.0 Å². The number of anilines is 1. The maximum absolute atomic E-state index is 13.2. The van der Waals surface area contributed by atoms with Crippen LogP contribution in [0.1, 0.15) is 23.6 Å². The third-order valence-corrected chi connectivity index (χ3v) is 6.93. The van der Waals surface area contributed by atoms with Crippen LogP contribution in [0.2, 0.25) is 0 Å². The number of aryl methyl sites for hydroxylation is 1. The van der Waals surface area contributed by atoms with Gasteiger partial charge in [-0.15, -0.1) is 0 Å². The fourth-order valence-corrected chi connectivity index (χ4v) is 5.42. The summed E-state index contributed by atoms with van der Waals surface area (Å²) in [6, 6.07) is 15.7. The largest absolute Gasteiger partial charge is 0.487 e. The molecule has 1 fully saturated rings. The smallest absolute Gasteiger partial charge is 0.335 e. The molecule has 3 aromatic carbocycles. The lowest BCUT2D eigenvalue weighted by atomic mass is 10.1. The molecule has 0 bridgehead atoms. The summed E-state index contributed by atoms with van der Waals surface area (Å²) < 4.78 is 7.12. The van der Waals surface area contributed by atoms with E-state index in [1.165, 1.54) is 18.2 Å². The molecule has 0 unspecified atom stereocenters. The SMILES string of the molecule is CCc1ccc(N2C(=O)NC(=O)/C(=C/c3cc(Br)c(OCc4cccc([N+](=O)[O-])c4)c(I)c3)C2=O)cc1. The average molecular weight is 676 g/mol. The van der Waals surface area contributed by atoms with Crippen LogP contribution < -0.4 is 15.0 Å². The van der Waals surface area contributed by atoms with E-state index in [2.05, 4.69) is 43.8 Å². The van der Waals surface area contributed by atoms with Crippen LogP contribution in [0, 0.1) is 13.7 Å². The standard InChI is InChI=1S/C26H19BrIN3O6/c1-2-15-6-8-18(9-7-15)30-25(33)20(24(32)29-26(30)34)11-17-12-21(27)23(22(28)13-17)37-14-16-4-3-5-19(10-16)31(35)36/h3-13H,2,14H2,1H3,(H,29,32,34)/b20-11-. The molecule has 3 aromatic rings. The first kappa shape index (κ1) is 26.5. The number of urea groups is 1. The topological polar surface area (TPSA) is 119 Å². The zero-order valence-electron chi connectivity index (χ0n) is 19.4. The minimum absolute atomic E-state index is 0.0268. The van der Waals surface area contributed by atoms with Gasteiger partial charge in [0.15, 0.2) is 0 Å². The second kappa shape index (κ2) is 11.2. The monoisotopic (exact) mass is 675 g/mol. The highest BCUT2D eigenvalue weighted by atomic mass is 127. The molecule has 0 saturated carbocycles. The van der Waals surface area contributed by atoms with E-state index in [-0.39, 0.29) is 17.9 Å². The number of carbonyl (C=O) groups excluding carboxylic acids is 3. The Morgan fingerprint density at radius 3 is 2.46 bits per heavy atom. The van der Waals surface area contributed by atoms with E-state index < -0.39 is 22.8 Å². The molecule has 0 aliphatic carbocycles. The lowest BCUT2D eigenvalue weighted by molar-refractivity contribution is -0.384. The van der Waals surface area contributed by atoms with Gasteiger partial charge in [0.2, 0.25) is 0 Å². The van der Waals surface area contributed by atoms with Gasteiger partial charge < -0.3 is 4.74 Å². The summed E-state index contributed by atoms with van der Waals surface area (Å²) in [5.41, 5.74) is 2.36. The first-order chi connectivity index (χ1) is 17.7. The van der Waals surface area contributed by atoms with Gasteiger partial charge in [-0.25, -0.2) is 9.69 Å². The summed E-state index contributed by atoms with van der Waals surface area (Å²) in [5.74, 6) is -1.01. The third-order valence-electron chi connectivity index (χ3n) is 5.54. The van der Waals surface area contributed by atoms with E-state index >= 15 is 0 Å². The van der Waals surface area contributed by atoms with E-state index in [4.69, 9.17) is 4.74 Å². The van der Waals surface area contributed by atoms with Crippen molar-refractivity contribution in [2.45, 2.75) is 20.0 Å². The van der Waals surface area contributed by atoms with Crippen molar-refractivity contribution in [2.24, 2.45) is 0 Å². The number of hydrogen-bond acceptors (Lipinski definition) is 6. The van der Waals surface area contributed by atoms with E-state index in [9.17, 15) is 24.5 Å². The Morgan fingerprint density at radius 1 is 1.08 bits per heavy atom. The Balaban J connectivity index is 1.58. The van der Waals surface area contributed by atoms with Crippen molar-refractivity contribution in [1.82, 2.24) is 5.32 Å². The van der Waals surface area contributed by atoms with Crippen LogP contribution in [0.5, 0.6) is 5.75 Å². The Bertz CT molecular complexity index is 1430. The second-order valence-corrected chi connectivity index (χ2v) is 10.0. The molecule has 1 saturated heterocycles. The van der Waals surface area contributed by atoms with Crippen LogP contribution in [0.3, 0.4) is 0 Å². The van der Waals surface area contributed by atoms with Gasteiger partial charge in [-0.2, -0.15) is 0 Å². The maximum Gasteiger partial charge on any atom is 0.335 e. The molecule has 1 aliphatic rings. The zero-order valence-corrected chi connectivity index (χ0v) is 23.1. The van der Waals surface area contributed by atoms with Crippen LogP contribution in [0.15, 0.2) is 70.7 Å². The number of benzene rings is 3. The lowest BCUT2D eigenvalue weighted by Crippen LogP contribution is -2.54. The van der Waals surface area contributed by atoms with Gasteiger partial charge in [0, 0.05) is 12.1 Å². The quantitative estimate of drug-likeness (QED) is 0.112. The fraction of sp³-hybridized carbons (Fsp3) is 0.115. The Hall–Kier alpha value is -3.58. The van der Waals surface area contributed by atoms with Crippen LogP contribution in [0.25, 0.3) is 6.08 Å². The van der Waals surface area contributed by atoms with E-state index in [1.807, 2.05) is 19.1 Å². The van der Waals surface area contributed by atoms with Gasteiger partial charge in [0.05, 0.1) is 18.7 Å². The number of non-ortho nitro benzene ring substituents is 1. The average Bonchev–Trinajstić information content (AvgIpc) is 2.86. The van der Waals surface area contributed by atoms with Crippen molar-refractivity contribution >= 4 is 73.8 Å². The number of nitrogens with zero attached hydrogens (tertiary/aromatic N) is 2. The number of nitrogens with one attached hydrogen (secondary N) is 1. The Labute approximate surface area is 233 Å². The number of halogens is 2. The maximum atomic E-state index is 13.2. The van der Waals surface area contributed by atoms with Crippen LogP contribution in [-0.4, -0.2) is 22.8 Å². The van der Waals surface area contributed by atoms with E-state index in [1.54, 1.807) is 36.4 Å². The number of hydrogen-bond donors (Lipinski definition) is 1.